The lowest BCUT2D eigenvalue weighted by Gasteiger charge is -2.38. The summed E-state index contributed by atoms with van der Waals surface area (Å²) < 4.78 is 0. The number of carbonyl (C=O) groups excluding carboxylic acids is 9. The maximum absolute atomic E-state index is 12.1. The van der Waals surface area contributed by atoms with Crippen LogP contribution in [0.25, 0.3) is 0 Å². The number of rotatable bonds is 0. The molecule has 4 aliphatic rings. The molecule has 120 valence electrons. The first-order chi connectivity index (χ1) is 11.2. The number of carbonyl (C=O) groups is 9. The van der Waals surface area contributed by atoms with E-state index in [1.54, 1.807) is 0 Å². The van der Waals surface area contributed by atoms with Crippen LogP contribution in [0.1, 0.15) is 0 Å². The van der Waals surface area contributed by atoms with Crippen LogP contribution in [-0.4, -0.2) is 52.0 Å². The average molecular weight is 330 g/mol. The van der Waals surface area contributed by atoms with Gasteiger partial charge in [0.25, 0.3) is 17.3 Å². The van der Waals surface area contributed by atoms with Crippen LogP contribution in [0.15, 0.2) is 0 Å². The van der Waals surface area contributed by atoms with Gasteiger partial charge in [-0.25, -0.2) is 0 Å². The molecular weight excluding hydrogens is 324 g/mol. The Morgan fingerprint density at radius 1 is 0.292 bits per heavy atom. The number of Topliss-reactive ketones (excluding diaryl/α,β-unsaturated/α-hetero) is 9. The van der Waals surface area contributed by atoms with Crippen molar-refractivity contribution < 1.29 is 43.2 Å². The first kappa shape index (κ1) is 14.6. The monoisotopic (exact) mass is 330 g/mol. The van der Waals surface area contributed by atoms with E-state index in [0.29, 0.717) is 0 Å². The van der Waals surface area contributed by atoms with E-state index in [0.717, 1.165) is 0 Å². The smallest absolute Gasteiger partial charge is 0.264 e. The Balaban J connectivity index is 2.00. The van der Waals surface area contributed by atoms with Gasteiger partial charge in [0, 0.05) is 35.5 Å². The van der Waals surface area contributed by atoms with E-state index in [4.69, 9.17) is 0 Å². The average Bonchev–Trinajstić information content (AvgIpc) is 3.02. The third-order valence-corrected chi connectivity index (χ3v) is 5.48. The van der Waals surface area contributed by atoms with Gasteiger partial charge in [-0.15, -0.1) is 0 Å². The molecule has 0 aromatic carbocycles. The van der Waals surface area contributed by atoms with Gasteiger partial charge >= 0.3 is 0 Å². The lowest BCUT2D eigenvalue weighted by molar-refractivity contribution is -0.146. The standard InChI is InChI=1S/C15H6O9/c16-7-1-2(8(17)13(7)22)4-6(12(21)15(24)11(4)20)5-3(1)9(18)14(23)10(5)19/h1-6H. The first-order valence-electron chi connectivity index (χ1n) is 7.07. The van der Waals surface area contributed by atoms with E-state index < -0.39 is 87.6 Å². The molecule has 0 aliphatic heterocycles. The minimum atomic E-state index is -1.64. The van der Waals surface area contributed by atoms with Crippen molar-refractivity contribution >= 4 is 52.0 Å². The normalized spacial score (nSPS) is 41.2. The molecule has 9 heteroatoms. The zero-order valence-corrected chi connectivity index (χ0v) is 11.6. The largest absolute Gasteiger partial charge is 0.290 e. The zero-order valence-electron chi connectivity index (χ0n) is 11.6. The Morgan fingerprint density at radius 2 is 0.417 bits per heavy atom. The molecule has 0 saturated heterocycles. The maximum atomic E-state index is 12.1. The fraction of sp³-hybridized carbons (Fsp3) is 0.400. The Bertz CT molecular complexity index is 683. The minimum absolute atomic E-state index is 1.26. The minimum Gasteiger partial charge on any atom is -0.290 e. The molecule has 4 rings (SSSR count). The highest BCUT2D eigenvalue weighted by Gasteiger charge is 2.74. The van der Waals surface area contributed by atoms with Crippen molar-refractivity contribution in [2.45, 2.75) is 0 Å². The topological polar surface area (TPSA) is 154 Å². The molecule has 0 radical (unpaired) electrons. The van der Waals surface area contributed by atoms with Gasteiger partial charge in [0.1, 0.15) is 0 Å². The molecule has 0 N–H and O–H groups in total. The molecule has 4 fully saturated rings. The summed E-state index contributed by atoms with van der Waals surface area (Å²) in [6.45, 7) is 0. The zero-order chi connectivity index (χ0) is 17.7. The van der Waals surface area contributed by atoms with Crippen LogP contribution in [0.4, 0.5) is 0 Å². The van der Waals surface area contributed by atoms with Crippen LogP contribution in [0.3, 0.4) is 0 Å². The van der Waals surface area contributed by atoms with Crippen molar-refractivity contribution in [1.29, 1.82) is 0 Å². The molecule has 9 nitrogen and oxygen atoms in total. The van der Waals surface area contributed by atoms with Gasteiger partial charge in [0.2, 0.25) is 34.7 Å². The van der Waals surface area contributed by atoms with Crippen LogP contribution in [0, 0.1) is 35.5 Å². The summed E-state index contributed by atoms with van der Waals surface area (Å²) in [6.07, 6.45) is 0. The molecule has 0 amide bonds. The Hall–Kier alpha value is -2.97. The third kappa shape index (κ3) is 1.30. The lowest BCUT2D eigenvalue weighted by atomic mass is 9.59. The van der Waals surface area contributed by atoms with Gasteiger partial charge in [0.15, 0.2) is 0 Å². The van der Waals surface area contributed by atoms with E-state index in [1.807, 2.05) is 0 Å². The highest BCUT2D eigenvalue weighted by molar-refractivity contribution is 6.74. The second-order valence-electron chi connectivity index (χ2n) is 6.33. The fourth-order valence-electron chi connectivity index (χ4n) is 4.57. The van der Waals surface area contributed by atoms with E-state index in [-0.39, 0.29) is 0 Å². The van der Waals surface area contributed by atoms with E-state index in [2.05, 4.69) is 0 Å². The van der Waals surface area contributed by atoms with Crippen molar-refractivity contribution in [3.8, 4) is 0 Å². The molecule has 0 unspecified atom stereocenters. The van der Waals surface area contributed by atoms with Crippen LogP contribution in [0.2, 0.25) is 0 Å². The van der Waals surface area contributed by atoms with Crippen LogP contribution >= 0.6 is 0 Å². The summed E-state index contributed by atoms with van der Waals surface area (Å²) in [5, 5.41) is 0. The van der Waals surface area contributed by atoms with Crippen molar-refractivity contribution in [3.63, 3.8) is 0 Å². The summed E-state index contributed by atoms with van der Waals surface area (Å²) in [4.78, 5) is 108. The van der Waals surface area contributed by atoms with Crippen molar-refractivity contribution in [1.82, 2.24) is 0 Å². The van der Waals surface area contributed by atoms with Crippen LogP contribution in [0.5, 0.6) is 0 Å². The molecular formula is C15H6O9. The maximum Gasteiger partial charge on any atom is 0.264 e. The van der Waals surface area contributed by atoms with Gasteiger partial charge in [-0.1, -0.05) is 0 Å². The fourth-order valence-corrected chi connectivity index (χ4v) is 4.57. The van der Waals surface area contributed by atoms with Gasteiger partial charge in [-0.3, -0.25) is 43.2 Å². The molecule has 0 atom stereocenters. The number of hydrogen-bond acceptors (Lipinski definition) is 9. The Labute approximate surface area is 131 Å². The summed E-state index contributed by atoms with van der Waals surface area (Å²) in [5.74, 6) is -21.7. The quantitative estimate of drug-likeness (QED) is 0.419. The van der Waals surface area contributed by atoms with Gasteiger partial charge in [0.05, 0.1) is 0 Å². The predicted molar refractivity (Wildman–Crippen MR) is 66.0 cm³/mol. The van der Waals surface area contributed by atoms with E-state index >= 15 is 0 Å². The van der Waals surface area contributed by atoms with Gasteiger partial charge in [-0.05, 0) is 0 Å². The molecule has 0 heterocycles. The van der Waals surface area contributed by atoms with E-state index in [9.17, 15) is 43.2 Å². The molecule has 0 bridgehead atoms. The summed E-state index contributed by atoms with van der Waals surface area (Å²) in [5.41, 5.74) is 0. The second-order valence-corrected chi connectivity index (χ2v) is 6.33. The van der Waals surface area contributed by atoms with Crippen LogP contribution in [-0.2, 0) is 43.2 Å². The third-order valence-electron chi connectivity index (χ3n) is 5.48. The summed E-state index contributed by atoms with van der Waals surface area (Å²) in [6, 6.07) is 0. The molecule has 0 aromatic heterocycles. The summed E-state index contributed by atoms with van der Waals surface area (Å²) in [7, 11) is 0. The second kappa shape index (κ2) is 4.11. The van der Waals surface area contributed by atoms with Crippen molar-refractivity contribution in [2.24, 2.45) is 35.5 Å². The molecule has 0 spiro atoms. The SMILES string of the molecule is O=C1C(=O)C2C3C(=O)C(=O)C(=O)C3C3C(=O)C(=O)C(=O)C3C2C1=O. The first-order valence-corrected chi connectivity index (χ1v) is 7.07. The number of hydrogen-bond donors (Lipinski definition) is 0. The molecule has 0 aromatic rings. The van der Waals surface area contributed by atoms with Gasteiger partial charge < -0.3 is 0 Å². The van der Waals surface area contributed by atoms with Crippen molar-refractivity contribution in [2.75, 3.05) is 0 Å². The molecule has 24 heavy (non-hydrogen) atoms. The molecule has 4 aliphatic carbocycles. The van der Waals surface area contributed by atoms with Crippen LogP contribution < -0.4 is 0 Å². The number of fused-ring (bicyclic) bond motifs is 6. The highest BCUT2D eigenvalue weighted by atomic mass is 16.2. The predicted octanol–water partition coefficient (Wildman–Crippen LogP) is -3.14. The summed E-state index contributed by atoms with van der Waals surface area (Å²) >= 11 is 0. The van der Waals surface area contributed by atoms with E-state index in [1.165, 1.54) is 0 Å². The highest BCUT2D eigenvalue weighted by Crippen LogP contribution is 2.55. The lowest BCUT2D eigenvalue weighted by Crippen LogP contribution is -2.50. The Kier molecular flexibility index (Phi) is 2.50. The Morgan fingerprint density at radius 3 is 0.542 bits per heavy atom. The number of ketones is 9. The molecule has 4 saturated carbocycles. The van der Waals surface area contributed by atoms with Crippen molar-refractivity contribution in [3.05, 3.63) is 0 Å². The van der Waals surface area contributed by atoms with Gasteiger partial charge in [-0.2, -0.15) is 0 Å².